The molecule has 0 aliphatic carbocycles. The summed E-state index contributed by atoms with van der Waals surface area (Å²) in [4.78, 5) is 30.6. The van der Waals surface area contributed by atoms with Crippen LogP contribution in [-0.2, 0) is 9.53 Å². The lowest BCUT2D eigenvalue weighted by Gasteiger charge is -2.38. The van der Waals surface area contributed by atoms with Crippen molar-refractivity contribution < 1.29 is 14.3 Å². The maximum Gasteiger partial charge on any atom is 0.410 e. The van der Waals surface area contributed by atoms with Gasteiger partial charge in [0.25, 0.3) is 0 Å². The zero-order valence-electron chi connectivity index (χ0n) is 16.5. The molecule has 2 fully saturated rings. The van der Waals surface area contributed by atoms with Crippen LogP contribution in [0.4, 0.5) is 16.2 Å². The highest BCUT2D eigenvalue weighted by molar-refractivity contribution is 5.99. The fourth-order valence-electron chi connectivity index (χ4n) is 3.54. The molecular formula is C21H29N3O3. The molecule has 1 unspecified atom stereocenters. The molecule has 2 aliphatic heterocycles. The zero-order chi connectivity index (χ0) is 19.6. The second kappa shape index (κ2) is 7.62. The fraction of sp³-hybridized carbons (Fsp3) is 0.524. The summed E-state index contributed by atoms with van der Waals surface area (Å²) >= 11 is 0. The molecule has 2 amide bonds. The van der Waals surface area contributed by atoms with Crippen LogP contribution in [-0.4, -0.2) is 55.2 Å². The van der Waals surface area contributed by atoms with Crippen molar-refractivity contribution >= 4 is 23.4 Å². The van der Waals surface area contributed by atoms with E-state index in [0.29, 0.717) is 39.1 Å². The van der Waals surface area contributed by atoms with Gasteiger partial charge in [-0.3, -0.25) is 4.79 Å². The topological polar surface area (TPSA) is 53.1 Å². The number of hydrogen-bond donors (Lipinski definition) is 0. The first-order chi connectivity index (χ1) is 12.8. The lowest BCUT2D eigenvalue weighted by Crippen LogP contribution is -2.50. The number of anilines is 2. The van der Waals surface area contributed by atoms with Crippen molar-refractivity contribution in [3.8, 4) is 0 Å². The number of ether oxygens (including phenoxy) is 1. The molecule has 0 N–H and O–H groups in total. The number of para-hydroxylation sites is 2. The fourth-order valence-corrected chi connectivity index (χ4v) is 3.54. The van der Waals surface area contributed by atoms with E-state index in [4.69, 9.17) is 4.74 Å². The quantitative estimate of drug-likeness (QED) is 0.765. The first kappa shape index (κ1) is 19.3. The minimum Gasteiger partial charge on any atom is -0.444 e. The summed E-state index contributed by atoms with van der Waals surface area (Å²) < 4.78 is 5.47. The molecule has 6 heteroatoms. The average molecular weight is 371 g/mol. The second-order valence-electron chi connectivity index (χ2n) is 8.15. The Labute approximate surface area is 161 Å². The molecule has 1 aromatic rings. The zero-order valence-corrected chi connectivity index (χ0v) is 16.5. The molecule has 1 aromatic carbocycles. The predicted molar refractivity (Wildman–Crippen MR) is 107 cm³/mol. The number of carbonyl (C=O) groups is 2. The van der Waals surface area contributed by atoms with Crippen LogP contribution < -0.4 is 9.80 Å². The maximum absolute atomic E-state index is 12.4. The molecular weight excluding hydrogens is 342 g/mol. The van der Waals surface area contributed by atoms with Crippen LogP contribution in [0.1, 0.15) is 27.2 Å². The summed E-state index contributed by atoms with van der Waals surface area (Å²) in [6.07, 6.45) is 2.11. The summed E-state index contributed by atoms with van der Waals surface area (Å²) in [7, 11) is 0. The Kier molecular flexibility index (Phi) is 5.44. The van der Waals surface area contributed by atoms with Crippen molar-refractivity contribution in [2.75, 3.05) is 42.5 Å². The molecule has 27 heavy (non-hydrogen) atoms. The third kappa shape index (κ3) is 4.43. The maximum atomic E-state index is 12.4. The lowest BCUT2D eigenvalue weighted by atomic mass is 10.1. The first-order valence-corrected chi connectivity index (χ1v) is 9.53. The standard InChI is InChI=1S/C21H29N3O3/c1-5-16-14-19(25)24(15-16)18-9-7-6-8-17(18)22-10-12-23(13-11-22)20(26)27-21(2,3)4/h5-9,16H,1,10-15H2,2-4H3. The van der Waals surface area contributed by atoms with E-state index in [0.717, 1.165) is 11.4 Å². The van der Waals surface area contributed by atoms with Crippen LogP contribution in [0.5, 0.6) is 0 Å². The van der Waals surface area contributed by atoms with Crippen LogP contribution in [0.15, 0.2) is 36.9 Å². The lowest BCUT2D eigenvalue weighted by molar-refractivity contribution is -0.117. The van der Waals surface area contributed by atoms with Crippen molar-refractivity contribution in [1.82, 2.24) is 4.90 Å². The number of nitrogens with zero attached hydrogens (tertiary/aromatic N) is 3. The van der Waals surface area contributed by atoms with Gasteiger partial charge >= 0.3 is 6.09 Å². The Morgan fingerprint density at radius 1 is 1.15 bits per heavy atom. The van der Waals surface area contributed by atoms with Gasteiger partial charge < -0.3 is 19.4 Å². The Bertz CT molecular complexity index is 718. The summed E-state index contributed by atoms with van der Waals surface area (Å²) in [5, 5.41) is 0. The molecule has 2 saturated heterocycles. The van der Waals surface area contributed by atoms with Crippen molar-refractivity contribution in [2.45, 2.75) is 32.8 Å². The summed E-state index contributed by atoms with van der Waals surface area (Å²) in [6, 6.07) is 8.00. The molecule has 0 saturated carbocycles. The summed E-state index contributed by atoms with van der Waals surface area (Å²) in [5.41, 5.74) is 1.50. The third-order valence-electron chi connectivity index (χ3n) is 4.93. The molecule has 1 atom stereocenters. The van der Waals surface area contributed by atoms with Gasteiger partial charge in [0.15, 0.2) is 0 Å². The van der Waals surface area contributed by atoms with Crippen LogP contribution in [0.3, 0.4) is 0 Å². The normalized spacial score (nSPS) is 20.8. The van der Waals surface area contributed by atoms with E-state index in [1.807, 2.05) is 56.0 Å². The van der Waals surface area contributed by atoms with Crippen LogP contribution in [0.25, 0.3) is 0 Å². The average Bonchev–Trinajstić information content (AvgIpc) is 3.01. The van der Waals surface area contributed by atoms with Gasteiger partial charge in [-0.05, 0) is 32.9 Å². The molecule has 0 aromatic heterocycles. The summed E-state index contributed by atoms with van der Waals surface area (Å²) in [6.45, 7) is 12.8. The van der Waals surface area contributed by atoms with Gasteiger partial charge in [0.2, 0.25) is 5.91 Å². The van der Waals surface area contributed by atoms with Gasteiger partial charge in [0.05, 0.1) is 11.4 Å². The highest BCUT2D eigenvalue weighted by atomic mass is 16.6. The van der Waals surface area contributed by atoms with Crippen molar-refractivity contribution in [2.24, 2.45) is 5.92 Å². The first-order valence-electron chi connectivity index (χ1n) is 9.53. The number of amides is 2. The largest absolute Gasteiger partial charge is 0.444 e. The van der Waals surface area contributed by atoms with Gasteiger partial charge in [-0.25, -0.2) is 4.79 Å². The molecule has 2 aliphatic rings. The minimum atomic E-state index is -0.487. The Morgan fingerprint density at radius 3 is 2.33 bits per heavy atom. The van der Waals surface area contributed by atoms with E-state index in [9.17, 15) is 9.59 Å². The summed E-state index contributed by atoms with van der Waals surface area (Å²) in [5.74, 6) is 0.342. The molecule has 3 rings (SSSR count). The SMILES string of the molecule is C=CC1CC(=O)N(c2ccccc2N2CCN(C(=O)OC(C)(C)C)CC2)C1. The Hall–Kier alpha value is -2.50. The third-order valence-corrected chi connectivity index (χ3v) is 4.93. The van der Waals surface area contributed by atoms with Gasteiger partial charge in [0.1, 0.15) is 5.60 Å². The van der Waals surface area contributed by atoms with Crippen LogP contribution in [0, 0.1) is 5.92 Å². The van der Waals surface area contributed by atoms with E-state index in [2.05, 4.69) is 11.5 Å². The molecule has 0 bridgehead atoms. The number of carbonyl (C=O) groups excluding carboxylic acids is 2. The van der Waals surface area contributed by atoms with Crippen molar-refractivity contribution in [3.63, 3.8) is 0 Å². The van der Waals surface area contributed by atoms with E-state index in [1.165, 1.54) is 0 Å². The minimum absolute atomic E-state index is 0.139. The molecule has 2 heterocycles. The molecule has 0 radical (unpaired) electrons. The molecule has 0 spiro atoms. The van der Waals surface area contributed by atoms with Crippen molar-refractivity contribution in [3.05, 3.63) is 36.9 Å². The number of piperazine rings is 1. The highest BCUT2D eigenvalue weighted by Crippen LogP contribution is 2.34. The predicted octanol–water partition coefficient (Wildman–Crippen LogP) is 3.28. The van der Waals surface area contributed by atoms with Gasteiger partial charge in [-0.1, -0.05) is 18.2 Å². The van der Waals surface area contributed by atoms with E-state index >= 15 is 0 Å². The van der Waals surface area contributed by atoms with Gasteiger partial charge in [0, 0.05) is 45.1 Å². The highest BCUT2D eigenvalue weighted by Gasteiger charge is 2.32. The molecule has 146 valence electrons. The van der Waals surface area contributed by atoms with E-state index in [-0.39, 0.29) is 17.9 Å². The van der Waals surface area contributed by atoms with Crippen molar-refractivity contribution in [1.29, 1.82) is 0 Å². The number of rotatable bonds is 3. The van der Waals surface area contributed by atoms with Crippen LogP contribution >= 0.6 is 0 Å². The van der Waals surface area contributed by atoms with Gasteiger partial charge in [-0.2, -0.15) is 0 Å². The Morgan fingerprint density at radius 2 is 1.78 bits per heavy atom. The Balaban J connectivity index is 1.70. The smallest absolute Gasteiger partial charge is 0.410 e. The molecule has 6 nitrogen and oxygen atoms in total. The number of benzene rings is 1. The van der Waals surface area contributed by atoms with Crippen LogP contribution in [0.2, 0.25) is 0 Å². The van der Waals surface area contributed by atoms with E-state index in [1.54, 1.807) is 4.90 Å². The monoisotopic (exact) mass is 371 g/mol. The van der Waals surface area contributed by atoms with Gasteiger partial charge in [-0.15, -0.1) is 6.58 Å². The second-order valence-corrected chi connectivity index (χ2v) is 8.15. The van der Waals surface area contributed by atoms with E-state index < -0.39 is 5.60 Å². The number of hydrogen-bond acceptors (Lipinski definition) is 4.